The van der Waals surface area contributed by atoms with Crippen molar-refractivity contribution in [2.75, 3.05) is 26.4 Å². The lowest BCUT2D eigenvalue weighted by Crippen LogP contribution is -2.18. The second-order valence-electron chi connectivity index (χ2n) is 9.78. The minimum Gasteiger partial charge on any atom is -0.381 e. The highest BCUT2D eigenvalue weighted by Crippen LogP contribution is 2.12. The molecule has 0 aromatic heterocycles. The smallest absolute Gasteiger partial charge is 0.0682 e. The fourth-order valence-electron chi connectivity index (χ4n) is 4.20. The van der Waals surface area contributed by atoms with E-state index < -0.39 is 0 Å². The van der Waals surface area contributed by atoms with Crippen LogP contribution in [-0.4, -0.2) is 26.4 Å². The highest BCUT2D eigenvalue weighted by atomic mass is 16.6. The Kier molecular flexibility index (Phi) is 30.8. The fraction of sp³-hybridized carbons (Fsp3) is 1.00. The molecule has 0 atom stereocenters. The summed E-state index contributed by atoms with van der Waals surface area (Å²) in [5.41, 5.74) is 3.09. The van der Waals surface area contributed by atoms with Crippen molar-refractivity contribution in [2.45, 2.75) is 162 Å². The number of nitrogens with one attached hydrogen (secondary N) is 1. The molecule has 0 fully saturated rings. The Hall–Kier alpha value is -0.120. The van der Waals surface area contributed by atoms with Gasteiger partial charge in [0.15, 0.2) is 0 Å². The van der Waals surface area contributed by atoms with E-state index >= 15 is 0 Å². The molecule has 32 heavy (non-hydrogen) atoms. The minimum atomic E-state index is 0.843. The van der Waals surface area contributed by atoms with Gasteiger partial charge in [0, 0.05) is 19.8 Å². The SMILES string of the molecule is CCCCCCCCCCCCCCOCCCNOCCCCCCCCCCCC. The van der Waals surface area contributed by atoms with Crippen LogP contribution in [0, 0.1) is 0 Å². The first-order chi connectivity index (χ1) is 15.9. The van der Waals surface area contributed by atoms with Crippen LogP contribution in [0.2, 0.25) is 0 Å². The molecule has 0 aliphatic rings. The van der Waals surface area contributed by atoms with Crippen LogP contribution in [0.3, 0.4) is 0 Å². The Morgan fingerprint density at radius 1 is 0.375 bits per heavy atom. The van der Waals surface area contributed by atoms with Gasteiger partial charge in [-0.1, -0.05) is 142 Å². The molecule has 0 radical (unpaired) electrons. The van der Waals surface area contributed by atoms with Gasteiger partial charge in [-0.3, -0.25) is 0 Å². The van der Waals surface area contributed by atoms with Crippen molar-refractivity contribution in [3.05, 3.63) is 0 Å². The number of hydrogen-bond donors (Lipinski definition) is 1. The van der Waals surface area contributed by atoms with Crippen LogP contribution >= 0.6 is 0 Å². The monoisotopic (exact) mass is 455 g/mol. The van der Waals surface area contributed by atoms with E-state index in [9.17, 15) is 0 Å². The van der Waals surface area contributed by atoms with Gasteiger partial charge in [-0.2, -0.15) is 0 Å². The predicted molar refractivity (Wildman–Crippen MR) is 142 cm³/mol. The molecule has 0 unspecified atom stereocenters. The van der Waals surface area contributed by atoms with Crippen LogP contribution in [0.5, 0.6) is 0 Å². The van der Waals surface area contributed by atoms with Crippen molar-refractivity contribution in [3.63, 3.8) is 0 Å². The Labute approximate surface area is 203 Å². The zero-order chi connectivity index (χ0) is 23.2. The standard InChI is InChI=1S/C29H61NO2/c1-3-5-7-9-11-13-15-16-17-19-21-23-27-31-28-25-26-30-32-29-24-22-20-18-14-12-10-8-6-4-2/h30H,3-29H2,1-2H3. The molecule has 0 amide bonds. The summed E-state index contributed by atoms with van der Waals surface area (Å²) in [6.45, 7) is 8.10. The summed E-state index contributed by atoms with van der Waals surface area (Å²) in [6, 6.07) is 0. The van der Waals surface area contributed by atoms with Gasteiger partial charge in [0.25, 0.3) is 0 Å². The van der Waals surface area contributed by atoms with Crippen LogP contribution in [0.15, 0.2) is 0 Å². The number of rotatable bonds is 29. The summed E-state index contributed by atoms with van der Waals surface area (Å²) < 4.78 is 5.74. The second kappa shape index (κ2) is 30.9. The molecule has 0 aromatic carbocycles. The molecule has 0 aliphatic carbocycles. The number of ether oxygens (including phenoxy) is 1. The lowest BCUT2D eigenvalue weighted by atomic mass is 10.1. The van der Waals surface area contributed by atoms with Crippen LogP contribution in [0.25, 0.3) is 0 Å². The molecule has 0 bridgehead atoms. The number of unbranched alkanes of at least 4 members (excludes halogenated alkanes) is 20. The fourth-order valence-corrected chi connectivity index (χ4v) is 4.20. The predicted octanol–water partition coefficient (Wildman–Crippen LogP) is 9.54. The van der Waals surface area contributed by atoms with Gasteiger partial charge in [0.05, 0.1) is 6.61 Å². The van der Waals surface area contributed by atoms with Gasteiger partial charge in [-0.15, -0.1) is 0 Å². The summed E-state index contributed by atoms with van der Waals surface area (Å²) in [5, 5.41) is 0. The van der Waals surface area contributed by atoms with Crippen molar-refractivity contribution in [3.8, 4) is 0 Å². The van der Waals surface area contributed by atoms with Gasteiger partial charge in [-0.25, -0.2) is 5.48 Å². The number of hydroxylamine groups is 1. The van der Waals surface area contributed by atoms with Crippen molar-refractivity contribution in [1.82, 2.24) is 5.48 Å². The Morgan fingerprint density at radius 3 is 1.16 bits per heavy atom. The van der Waals surface area contributed by atoms with Gasteiger partial charge in [-0.05, 0) is 19.3 Å². The minimum absolute atomic E-state index is 0.843. The normalized spacial score (nSPS) is 11.4. The third kappa shape index (κ3) is 29.9. The summed E-state index contributed by atoms with van der Waals surface area (Å²) in [5.74, 6) is 0. The molecule has 0 aliphatic heterocycles. The third-order valence-electron chi connectivity index (χ3n) is 6.41. The molecule has 0 heterocycles. The summed E-state index contributed by atoms with van der Waals surface area (Å²) >= 11 is 0. The second-order valence-corrected chi connectivity index (χ2v) is 9.78. The molecule has 194 valence electrons. The highest BCUT2D eigenvalue weighted by Gasteiger charge is 1.96. The molecule has 0 spiro atoms. The molecule has 0 saturated heterocycles. The van der Waals surface area contributed by atoms with E-state index in [-0.39, 0.29) is 0 Å². The summed E-state index contributed by atoms with van der Waals surface area (Å²) in [4.78, 5) is 5.52. The van der Waals surface area contributed by atoms with Crippen molar-refractivity contribution in [2.24, 2.45) is 0 Å². The zero-order valence-corrected chi connectivity index (χ0v) is 22.4. The first kappa shape index (κ1) is 31.9. The quantitative estimate of drug-likeness (QED) is 0.0899. The summed E-state index contributed by atoms with van der Waals surface area (Å²) in [6.07, 6.45) is 31.5. The van der Waals surface area contributed by atoms with Crippen LogP contribution in [0.1, 0.15) is 162 Å². The highest BCUT2D eigenvalue weighted by molar-refractivity contribution is 4.49. The van der Waals surface area contributed by atoms with Gasteiger partial charge >= 0.3 is 0 Å². The van der Waals surface area contributed by atoms with E-state index in [2.05, 4.69) is 19.3 Å². The molecule has 0 aromatic rings. The van der Waals surface area contributed by atoms with E-state index in [0.717, 1.165) is 32.8 Å². The third-order valence-corrected chi connectivity index (χ3v) is 6.41. The lowest BCUT2D eigenvalue weighted by Gasteiger charge is -2.07. The Balaban J connectivity index is 2.98. The van der Waals surface area contributed by atoms with Crippen molar-refractivity contribution in [1.29, 1.82) is 0 Å². The first-order valence-corrected chi connectivity index (χ1v) is 14.8. The van der Waals surface area contributed by atoms with Crippen molar-refractivity contribution < 1.29 is 9.57 Å². The number of hydrogen-bond acceptors (Lipinski definition) is 3. The van der Waals surface area contributed by atoms with Crippen LogP contribution in [0.4, 0.5) is 0 Å². The summed E-state index contributed by atoms with van der Waals surface area (Å²) in [7, 11) is 0. The maximum absolute atomic E-state index is 5.74. The Bertz CT molecular complexity index is 282. The first-order valence-electron chi connectivity index (χ1n) is 14.8. The lowest BCUT2D eigenvalue weighted by molar-refractivity contribution is 0.0312. The Morgan fingerprint density at radius 2 is 0.719 bits per heavy atom. The van der Waals surface area contributed by atoms with Gasteiger partial charge < -0.3 is 9.57 Å². The van der Waals surface area contributed by atoms with E-state index in [1.54, 1.807) is 0 Å². The maximum atomic E-state index is 5.74. The van der Waals surface area contributed by atoms with E-state index in [1.165, 1.54) is 141 Å². The van der Waals surface area contributed by atoms with E-state index in [0.29, 0.717) is 0 Å². The molecular formula is C29H61NO2. The average Bonchev–Trinajstić information content (AvgIpc) is 2.81. The molecular weight excluding hydrogens is 394 g/mol. The molecule has 3 heteroatoms. The van der Waals surface area contributed by atoms with Gasteiger partial charge in [0.1, 0.15) is 0 Å². The maximum Gasteiger partial charge on any atom is 0.0682 e. The van der Waals surface area contributed by atoms with Crippen LogP contribution in [-0.2, 0) is 9.57 Å². The van der Waals surface area contributed by atoms with E-state index in [1.807, 2.05) is 0 Å². The van der Waals surface area contributed by atoms with Crippen molar-refractivity contribution >= 4 is 0 Å². The average molecular weight is 456 g/mol. The zero-order valence-electron chi connectivity index (χ0n) is 22.4. The van der Waals surface area contributed by atoms with Gasteiger partial charge in [0.2, 0.25) is 0 Å². The largest absolute Gasteiger partial charge is 0.381 e. The molecule has 1 N–H and O–H groups in total. The van der Waals surface area contributed by atoms with E-state index in [4.69, 9.17) is 9.57 Å². The van der Waals surface area contributed by atoms with Crippen LogP contribution < -0.4 is 5.48 Å². The molecule has 0 rings (SSSR count). The molecule has 3 nitrogen and oxygen atoms in total. The molecule has 0 saturated carbocycles. The topological polar surface area (TPSA) is 30.5 Å².